The Hall–Kier alpha value is 0.170. The highest BCUT2D eigenvalue weighted by molar-refractivity contribution is 6.20. The van der Waals surface area contributed by atoms with Gasteiger partial charge in [-0.15, -0.1) is 11.6 Å². The van der Waals surface area contributed by atoms with Gasteiger partial charge in [0.1, 0.15) is 5.38 Å². The fraction of sp³-hybridized carbons (Fsp3) is 1.00. The monoisotopic (exact) mass is 308 g/mol. The van der Waals surface area contributed by atoms with Gasteiger partial charge in [0, 0.05) is 0 Å². The van der Waals surface area contributed by atoms with Gasteiger partial charge in [0.25, 0.3) is 0 Å². The Bertz CT molecular complexity index is 227. The number of hydrogen-bond donors (Lipinski definition) is 0. The van der Waals surface area contributed by atoms with Crippen LogP contribution in [-0.2, 0) is 9.47 Å². The normalized spacial score (nSPS) is 14.6. The van der Waals surface area contributed by atoms with Gasteiger partial charge in [-0.05, 0) is 19.8 Å². The molecule has 0 aromatic carbocycles. The zero-order valence-electron chi connectivity index (χ0n) is 14.4. The van der Waals surface area contributed by atoms with Gasteiger partial charge in [-0.1, -0.05) is 39.5 Å². The summed E-state index contributed by atoms with van der Waals surface area (Å²) in [7, 11) is 6.25. The van der Waals surface area contributed by atoms with Crippen LogP contribution in [0.3, 0.4) is 0 Å². The number of halogens is 1. The maximum absolute atomic E-state index is 6.45. The van der Waals surface area contributed by atoms with Crippen LogP contribution >= 0.6 is 11.6 Å². The van der Waals surface area contributed by atoms with Gasteiger partial charge in [0.15, 0.2) is 0 Å². The maximum Gasteiger partial charge on any atom is 0.335 e. The van der Waals surface area contributed by atoms with E-state index in [0.717, 1.165) is 12.8 Å². The third-order valence-electron chi connectivity index (χ3n) is 3.55. The molecule has 0 aliphatic carbocycles. The molecule has 1 atom stereocenters. The minimum Gasteiger partial charge on any atom is -0.302 e. The third kappa shape index (κ3) is 6.30. The van der Waals surface area contributed by atoms with Crippen LogP contribution in [0.25, 0.3) is 0 Å². The Morgan fingerprint density at radius 1 is 0.900 bits per heavy atom. The second-order valence-electron chi connectivity index (χ2n) is 6.37. The summed E-state index contributed by atoms with van der Waals surface area (Å²) < 4.78 is 12.9. The molecule has 0 aliphatic heterocycles. The average molecular weight is 309 g/mol. The first-order valence-electron chi connectivity index (χ1n) is 8.05. The molecular weight excluding hydrogens is 274 g/mol. The van der Waals surface area contributed by atoms with E-state index in [2.05, 4.69) is 35.0 Å². The second kappa shape index (κ2) is 9.99. The summed E-state index contributed by atoms with van der Waals surface area (Å²) in [5, 5.41) is -0.203. The number of rotatable bonds is 12. The molecule has 4 heteroatoms. The third-order valence-corrected chi connectivity index (χ3v) is 3.83. The largest absolute Gasteiger partial charge is 0.335 e. The number of unbranched alkanes of at least 4 members (excludes halogenated alkanes) is 4. The van der Waals surface area contributed by atoms with Gasteiger partial charge in [-0.25, -0.2) is 0 Å². The van der Waals surface area contributed by atoms with Crippen LogP contribution in [0.2, 0.25) is 0 Å². The van der Waals surface area contributed by atoms with Crippen LogP contribution in [-0.4, -0.2) is 50.1 Å². The molecule has 0 aromatic heterocycles. The molecule has 0 saturated carbocycles. The van der Waals surface area contributed by atoms with Crippen LogP contribution in [0, 0.1) is 0 Å². The minimum atomic E-state index is -0.761. The van der Waals surface area contributed by atoms with E-state index in [1.807, 2.05) is 6.92 Å². The predicted molar refractivity (Wildman–Crippen MR) is 87.0 cm³/mol. The molecule has 0 fully saturated rings. The summed E-state index contributed by atoms with van der Waals surface area (Å²) in [6.07, 6.45) is 6.85. The Morgan fingerprint density at radius 3 is 1.55 bits per heavy atom. The quantitative estimate of drug-likeness (QED) is 0.230. The number of alkyl halides is 1. The van der Waals surface area contributed by atoms with Gasteiger partial charge in [-0.3, -0.25) is 4.48 Å². The molecule has 0 saturated heterocycles. The fourth-order valence-corrected chi connectivity index (χ4v) is 2.75. The van der Waals surface area contributed by atoms with E-state index >= 15 is 0 Å². The highest BCUT2D eigenvalue weighted by Gasteiger charge is 2.50. The van der Waals surface area contributed by atoms with Crippen LogP contribution < -0.4 is 0 Å². The molecule has 3 nitrogen and oxygen atoms in total. The smallest absolute Gasteiger partial charge is 0.302 e. The molecule has 0 amide bonds. The van der Waals surface area contributed by atoms with Crippen molar-refractivity contribution in [2.75, 3.05) is 34.4 Å². The van der Waals surface area contributed by atoms with Crippen LogP contribution in [0.4, 0.5) is 0 Å². The molecule has 1 unspecified atom stereocenters. The van der Waals surface area contributed by atoms with E-state index < -0.39 is 5.91 Å². The summed E-state index contributed by atoms with van der Waals surface area (Å²) in [5.74, 6) is -0.761. The van der Waals surface area contributed by atoms with Gasteiger partial charge < -0.3 is 9.47 Å². The molecule has 0 rings (SSSR count). The summed E-state index contributed by atoms with van der Waals surface area (Å²) in [5.41, 5.74) is 0. The second-order valence-corrected chi connectivity index (χ2v) is 7.02. The van der Waals surface area contributed by atoms with E-state index in [-0.39, 0.29) is 5.38 Å². The van der Waals surface area contributed by atoms with Crippen molar-refractivity contribution >= 4 is 11.6 Å². The van der Waals surface area contributed by atoms with E-state index in [0.29, 0.717) is 17.7 Å². The number of ether oxygens (including phenoxy) is 2. The van der Waals surface area contributed by atoms with Gasteiger partial charge in [0.05, 0.1) is 34.4 Å². The van der Waals surface area contributed by atoms with Crippen LogP contribution in [0.5, 0.6) is 0 Å². The molecule has 20 heavy (non-hydrogen) atoms. The van der Waals surface area contributed by atoms with Crippen molar-refractivity contribution in [1.82, 2.24) is 0 Å². The molecule has 0 aromatic rings. The SMILES string of the molecule is CCCCCOC(OCCCCC)(C(C)Cl)[N+](C)(C)C. The minimum absolute atomic E-state index is 0.203. The fourth-order valence-electron chi connectivity index (χ4n) is 2.33. The van der Waals surface area contributed by atoms with E-state index in [9.17, 15) is 0 Å². The summed E-state index contributed by atoms with van der Waals surface area (Å²) in [6, 6.07) is 0. The topological polar surface area (TPSA) is 18.5 Å². The van der Waals surface area contributed by atoms with Crippen molar-refractivity contribution in [3.8, 4) is 0 Å². The Balaban J connectivity index is 4.70. The van der Waals surface area contributed by atoms with E-state index in [1.165, 1.54) is 25.7 Å². The number of quaternary nitrogens is 1. The first kappa shape index (κ1) is 20.2. The van der Waals surface area contributed by atoms with Gasteiger partial charge in [0.2, 0.25) is 0 Å². The summed E-state index contributed by atoms with van der Waals surface area (Å²) >= 11 is 6.45. The van der Waals surface area contributed by atoms with Crippen molar-refractivity contribution < 1.29 is 14.0 Å². The summed E-state index contributed by atoms with van der Waals surface area (Å²) in [6.45, 7) is 7.75. The van der Waals surface area contributed by atoms with Crippen molar-refractivity contribution in [2.45, 2.75) is 70.6 Å². The van der Waals surface area contributed by atoms with Crippen LogP contribution in [0.15, 0.2) is 0 Å². The molecule has 122 valence electrons. The van der Waals surface area contributed by atoms with Crippen molar-refractivity contribution in [3.63, 3.8) is 0 Å². The first-order chi connectivity index (χ1) is 9.31. The van der Waals surface area contributed by atoms with E-state index in [1.54, 1.807) is 0 Å². The lowest BCUT2D eigenvalue weighted by Crippen LogP contribution is -2.65. The summed E-state index contributed by atoms with van der Waals surface area (Å²) in [4.78, 5) is 0. The predicted octanol–water partition coefficient (Wildman–Crippen LogP) is 4.39. The van der Waals surface area contributed by atoms with Gasteiger partial charge in [-0.2, -0.15) is 0 Å². The lowest BCUT2D eigenvalue weighted by Gasteiger charge is -2.45. The zero-order chi connectivity index (χ0) is 15.6. The molecule has 0 radical (unpaired) electrons. The number of nitrogens with zero attached hydrogens (tertiary/aromatic N) is 1. The molecule has 0 aliphatic rings. The molecule has 0 spiro atoms. The van der Waals surface area contributed by atoms with Crippen LogP contribution in [0.1, 0.15) is 59.3 Å². The van der Waals surface area contributed by atoms with Crippen molar-refractivity contribution in [1.29, 1.82) is 0 Å². The molecule has 0 bridgehead atoms. The first-order valence-corrected chi connectivity index (χ1v) is 8.49. The maximum atomic E-state index is 6.45. The van der Waals surface area contributed by atoms with Gasteiger partial charge >= 0.3 is 5.91 Å². The standard InChI is InChI=1S/C16H35ClNO2/c1-7-9-11-13-19-16(15(3)17,18(4,5)6)20-14-12-10-8-2/h15H,7-14H2,1-6H3/q+1. The molecular formula is C16H35ClNO2+. The average Bonchev–Trinajstić information content (AvgIpc) is 2.35. The highest BCUT2D eigenvalue weighted by Crippen LogP contribution is 2.31. The van der Waals surface area contributed by atoms with Crippen molar-refractivity contribution in [3.05, 3.63) is 0 Å². The Labute approximate surface area is 131 Å². The van der Waals surface area contributed by atoms with E-state index in [4.69, 9.17) is 21.1 Å². The zero-order valence-corrected chi connectivity index (χ0v) is 15.1. The highest BCUT2D eigenvalue weighted by atomic mass is 35.5. The molecule has 0 heterocycles. The Kier molecular flexibility index (Phi) is 10.1. The Morgan fingerprint density at radius 2 is 1.30 bits per heavy atom. The lowest BCUT2D eigenvalue weighted by atomic mass is 10.2. The molecule has 0 N–H and O–H groups in total. The number of hydrogen-bond acceptors (Lipinski definition) is 2. The van der Waals surface area contributed by atoms with Crippen molar-refractivity contribution in [2.24, 2.45) is 0 Å². The lowest BCUT2D eigenvalue weighted by molar-refractivity contribution is -0.980.